The van der Waals surface area contributed by atoms with Crippen LogP contribution in [0.25, 0.3) is 0 Å². The summed E-state index contributed by atoms with van der Waals surface area (Å²) in [6.07, 6.45) is 1.31. The Bertz CT molecular complexity index is 547. The van der Waals surface area contributed by atoms with Gasteiger partial charge in [-0.25, -0.2) is 13.8 Å². The number of nitrogens with one attached hydrogen (secondary N) is 2. The number of anilines is 1. The number of benzene rings is 1. The van der Waals surface area contributed by atoms with Crippen LogP contribution in [0.2, 0.25) is 0 Å². The van der Waals surface area contributed by atoms with Gasteiger partial charge in [-0.05, 0) is 12.1 Å². The Morgan fingerprint density at radius 3 is 3.00 bits per heavy atom. The number of hydrogen-bond acceptors (Lipinski definition) is 4. The van der Waals surface area contributed by atoms with E-state index in [1.54, 1.807) is 0 Å². The van der Waals surface area contributed by atoms with Crippen molar-refractivity contribution in [3.05, 3.63) is 36.2 Å². The summed E-state index contributed by atoms with van der Waals surface area (Å²) in [5, 5.41) is 8.93. The molecule has 1 amide bonds. The Kier molecular flexibility index (Phi) is 3.88. The van der Waals surface area contributed by atoms with Crippen molar-refractivity contribution in [3.63, 3.8) is 0 Å². The zero-order valence-electron chi connectivity index (χ0n) is 8.98. The number of halogens is 2. The highest BCUT2D eigenvalue weighted by atomic mass is 32.2. The molecule has 0 aliphatic carbocycles. The molecule has 94 valence electrons. The molecule has 0 saturated carbocycles. The molecule has 0 radical (unpaired) electrons. The van der Waals surface area contributed by atoms with Gasteiger partial charge in [-0.1, -0.05) is 11.8 Å². The van der Waals surface area contributed by atoms with Gasteiger partial charge in [0.25, 0.3) is 0 Å². The number of rotatable bonds is 4. The molecule has 5 nitrogen and oxygen atoms in total. The van der Waals surface area contributed by atoms with E-state index in [2.05, 4.69) is 20.5 Å². The van der Waals surface area contributed by atoms with Crippen molar-refractivity contribution < 1.29 is 13.6 Å². The van der Waals surface area contributed by atoms with E-state index in [0.29, 0.717) is 5.16 Å². The van der Waals surface area contributed by atoms with Crippen LogP contribution >= 0.6 is 11.8 Å². The van der Waals surface area contributed by atoms with Crippen LogP contribution in [0.15, 0.2) is 29.7 Å². The normalized spacial score (nSPS) is 10.3. The number of nitrogens with zero attached hydrogens (tertiary/aromatic N) is 2. The number of carbonyl (C=O) groups is 1. The van der Waals surface area contributed by atoms with Gasteiger partial charge in [-0.15, -0.1) is 0 Å². The highest BCUT2D eigenvalue weighted by Crippen LogP contribution is 2.16. The number of aromatic nitrogens is 3. The second-order valence-corrected chi connectivity index (χ2v) is 4.22. The highest BCUT2D eigenvalue weighted by molar-refractivity contribution is 7.99. The number of aromatic amines is 1. The predicted molar refractivity (Wildman–Crippen MR) is 62.1 cm³/mol. The molecule has 0 fully saturated rings. The van der Waals surface area contributed by atoms with Crippen molar-refractivity contribution in [2.45, 2.75) is 5.16 Å². The smallest absolute Gasteiger partial charge is 0.234 e. The molecule has 2 aromatic rings. The minimum atomic E-state index is -0.686. The van der Waals surface area contributed by atoms with E-state index in [9.17, 15) is 13.6 Å². The molecule has 0 aliphatic rings. The van der Waals surface area contributed by atoms with Gasteiger partial charge in [-0.3, -0.25) is 9.89 Å². The largest absolute Gasteiger partial charge is 0.323 e. The van der Waals surface area contributed by atoms with Gasteiger partial charge in [0.1, 0.15) is 18.0 Å². The molecular formula is C10H8F2N4OS. The molecule has 1 aromatic carbocycles. The summed E-state index contributed by atoms with van der Waals surface area (Å²) in [6, 6.07) is 2.86. The summed E-state index contributed by atoms with van der Waals surface area (Å²) < 4.78 is 26.1. The van der Waals surface area contributed by atoms with Crippen LogP contribution in [-0.4, -0.2) is 26.8 Å². The van der Waals surface area contributed by atoms with E-state index in [1.807, 2.05) is 0 Å². The fraction of sp³-hybridized carbons (Fsp3) is 0.100. The summed E-state index contributed by atoms with van der Waals surface area (Å²) in [6.45, 7) is 0. The van der Waals surface area contributed by atoms with Crippen LogP contribution in [0.1, 0.15) is 0 Å². The third-order valence-corrected chi connectivity index (χ3v) is 2.81. The summed E-state index contributed by atoms with van der Waals surface area (Å²) >= 11 is 1.11. The topological polar surface area (TPSA) is 70.7 Å². The van der Waals surface area contributed by atoms with E-state index in [-0.39, 0.29) is 11.4 Å². The van der Waals surface area contributed by atoms with Gasteiger partial charge in [0.05, 0.1) is 11.4 Å². The van der Waals surface area contributed by atoms with E-state index in [4.69, 9.17) is 0 Å². The van der Waals surface area contributed by atoms with Crippen molar-refractivity contribution in [1.29, 1.82) is 0 Å². The zero-order chi connectivity index (χ0) is 13.0. The molecule has 0 spiro atoms. The number of thioether (sulfide) groups is 1. The summed E-state index contributed by atoms with van der Waals surface area (Å²) in [5.41, 5.74) is -0.182. The summed E-state index contributed by atoms with van der Waals surface area (Å²) in [4.78, 5) is 15.3. The minimum Gasteiger partial charge on any atom is -0.323 e. The monoisotopic (exact) mass is 270 g/mol. The maximum Gasteiger partial charge on any atom is 0.234 e. The molecule has 0 unspecified atom stereocenters. The van der Waals surface area contributed by atoms with E-state index >= 15 is 0 Å². The van der Waals surface area contributed by atoms with E-state index < -0.39 is 17.5 Å². The Morgan fingerprint density at radius 2 is 2.28 bits per heavy atom. The molecule has 0 aliphatic heterocycles. The SMILES string of the molecule is O=C(CSc1ncn[nH]1)Nc1cc(F)ccc1F. The second kappa shape index (κ2) is 5.58. The third kappa shape index (κ3) is 3.27. The fourth-order valence-electron chi connectivity index (χ4n) is 1.18. The van der Waals surface area contributed by atoms with Gasteiger partial charge in [0.2, 0.25) is 5.91 Å². The van der Waals surface area contributed by atoms with Crippen LogP contribution in [-0.2, 0) is 4.79 Å². The minimum absolute atomic E-state index is 0.0190. The van der Waals surface area contributed by atoms with E-state index in [1.165, 1.54) is 6.33 Å². The Morgan fingerprint density at radius 1 is 1.44 bits per heavy atom. The van der Waals surface area contributed by atoms with Crippen molar-refractivity contribution in [1.82, 2.24) is 15.2 Å². The number of carbonyl (C=O) groups excluding carboxylic acids is 1. The van der Waals surface area contributed by atoms with Gasteiger partial charge in [0.15, 0.2) is 5.16 Å². The summed E-state index contributed by atoms with van der Waals surface area (Å²) in [5.74, 6) is -1.74. The van der Waals surface area contributed by atoms with Crippen LogP contribution in [0.3, 0.4) is 0 Å². The molecule has 0 atom stereocenters. The molecule has 1 heterocycles. The molecule has 0 saturated heterocycles. The quantitative estimate of drug-likeness (QED) is 0.831. The van der Waals surface area contributed by atoms with Crippen molar-refractivity contribution >= 4 is 23.4 Å². The first-order valence-corrected chi connectivity index (χ1v) is 5.87. The third-order valence-electron chi connectivity index (χ3n) is 1.94. The number of hydrogen-bond donors (Lipinski definition) is 2. The average molecular weight is 270 g/mol. The maximum atomic E-state index is 13.2. The lowest BCUT2D eigenvalue weighted by molar-refractivity contribution is -0.113. The number of H-pyrrole nitrogens is 1. The van der Waals surface area contributed by atoms with Crippen molar-refractivity contribution in [3.8, 4) is 0 Å². The highest BCUT2D eigenvalue weighted by Gasteiger charge is 2.09. The molecule has 2 rings (SSSR count). The van der Waals surface area contributed by atoms with Crippen LogP contribution < -0.4 is 5.32 Å². The Hall–Kier alpha value is -1.96. The molecule has 8 heteroatoms. The fourth-order valence-corrected chi connectivity index (χ4v) is 1.76. The van der Waals surface area contributed by atoms with E-state index in [0.717, 1.165) is 30.0 Å². The second-order valence-electron chi connectivity index (χ2n) is 3.25. The van der Waals surface area contributed by atoms with Gasteiger partial charge >= 0.3 is 0 Å². The first-order chi connectivity index (χ1) is 8.65. The lowest BCUT2D eigenvalue weighted by Crippen LogP contribution is -2.15. The molecule has 1 aromatic heterocycles. The zero-order valence-corrected chi connectivity index (χ0v) is 9.80. The summed E-state index contributed by atoms with van der Waals surface area (Å²) in [7, 11) is 0. The van der Waals surface area contributed by atoms with Crippen molar-refractivity contribution in [2.24, 2.45) is 0 Å². The first kappa shape index (κ1) is 12.5. The molecule has 18 heavy (non-hydrogen) atoms. The average Bonchev–Trinajstić information content (AvgIpc) is 2.84. The van der Waals surface area contributed by atoms with Crippen LogP contribution in [0, 0.1) is 11.6 Å². The molecule has 0 bridgehead atoms. The molecule has 2 N–H and O–H groups in total. The Balaban J connectivity index is 1.92. The van der Waals surface area contributed by atoms with Gasteiger partial charge in [0, 0.05) is 6.07 Å². The van der Waals surface area contributed by atoms with Crippen LogP contribution in [0.5, 0.6) is 0 Å². The van der Waals surface area contributed by atoms with Gasteiger partial charge < -0.3 is 5.32 Å². The standard InChI is InChI=1S/C10H8F2N4OS/c11-6-1-2-7(12)8(3-6)15-9(17)4-18-10-13-5-14-16-10/h1-3,5H,4H2,(H,15,17)(H,13,14,16). The maximum absolute atomic E-state index is 13.2. The molecular weight excluding hydrogens is 262 g/mol. The first-order valence-electron chi connectivity index (χ1n) is 4.88. The Labute approximate surface area is 105 Å². The lowest BCUT2D eigenvalue weighted by Gasteiger charge is -2.05. The van der Waals surface area contributed by atoms with Crippen LogP contribution in [0.4, 0.5) is 14.5 Å². The van der Waals surface area contributed by atoms with Gasteiger partial charge in [-0.2, -0.15) is 5.10 Å². The van der Waals surface area contributed by atoms with Crippen molar-refractivity contribution in [2.75, 3.05) is 11.1 Å². The lowest BCUT2D eigenvalue weighted by atomic mass is 10.3. The predicted octanol–water partition coefficient (Wildman–Crippen LogP) is 1.81. The number of amides is 1.